The minimum atomic E-state index is -0.0850. The molecule has 2 amide bonds. The Morgan fingerprint density at radius 1 is 1.32 bits per heavy atom. The quantitative estimate of drug-likeness (QED) is 0.772. The molecule has 1 aliphatic carbocycles. The normalized spacial score (nSPS) is 26.5. The first kappa shape index (κ1) is 14.6. The molecule has 0 radical (unpaired) electrons. The number of hydrogen-bond acceptors (Lipinski definition) is 3. The topological polar surface area (TPSA) is 59.6 Å². The molecule has 2 N–H and O–H groups in total. The van der Waals surface area contributed by atoms with E-state index in [2.05, 4.69) is 17.6 Å². The summed E-state index contributed by atoms with van der Waals surface area (Å²) < 4.78 is 10.9. The monoisotopic (exact) mass is 270 g/mol. The second kappa shape index (κ2) is 7.10. The van der Waals surface area contributed by atoms with E-state index in [0.29, 0.717) is 19.1 Å². The average Bonchev–Trinajstić information content (AvgIpc) is 2.75. The summed E-state index contributed by atoms with van der Waals surface area (Å²) in [4.78, 5) is 11.8. The van der Waals surface area contributed by atoms with E-state index in [1.165, 1.54) is 19.3 Å². The zero-order valence-corrected chi connectivity index (χ0v) is 12.0. The lowest BCUT2D eigenvalue weighted by atomic mass is 9.80. The number of carbonyl (C=O) groups is 1. The Balaban J connectivity index is 1.57. The van der Waals surface area contributed by atoms with Gasteiger partial charge in [0.2, 0.25) is 0 Å². The Hall–Kier alpha value is -0.810. The van der Waals surface area contributed by atoms with Crippen LogP contribution in [0.3, 0.4) is 0 Å². The molecular formula is C14H26N2O3. The van der Waals surface area contributed by atoms with Crippen molar-refractivity contribution in [1.82, 2.24) is 10.6 Å². The van der Waals surface area contributed by atoms with Crippen LogP contribution in [0.5, 0.6) is 0 Å². The van der Waals surface area contributed by atoms with Gasteiger partial charge in [-0.25, -0.2) is 4.79 Å². The molecule has 0 aromatic carbocycles. The van der Waals surface area contributed by atoms with E-state index in [-0.39, 0.29) is 24.2 Å². The number of ether oxygens (including phenoxy) is 2. The van der Waals surface area contributed by atoms with Crippen molar-refractivity contribution >= 4 is 6.03 Å². The van der Waals surface area contributed by atoms with Crippen LogP contribution < -0.4 is 10.6 Å². The lowest BCUT2D eigenvalue weighted by molar-refractivity contribution is 0.0337. The van der Waals surface area contributed by atoms with Gasteiger partial charge in [-0.2, -0.15) is 0 Å². The number of hydrogen-bond donors (Lipinski definition) is 2. The molecule has 3 atom stereocenters. The fraction of sp³-hybridized carbons (Fsp3) is 0.929. The van der Waals surface area contributed by atoms with Gasteiger partial charge in [0.1, 0.15) is 0 Å². The Kier molecular flexibility index (Phi) is 5.45. The van der Waals surface area contributed by atoms with Gasteiger partial charge in [0.15, 0.2) is 0 Å². The molecule has 0 spiro atoms. The standard InChI is InChI=1S/C14H26N2O3/c1-10(8-19-13-6-7-18-9-13)15-14(17)16-11(2)12-4-3-5-12/h10-13H,3-9H2,1-2H3,(H2,15,16,17)/t10-,11-,13-/m1/s1. The lowest BCUT2D eigenvalue weighted by Crippen LogP contribution is -2.49. The van der Waals surface area contributed by atoms with Crippen LogP contribution in [0.1, 0.15) is 39.5 Å². The summed E-state index contributed by atoms with van der Waals surface area (Å²) in [5.74, 6) is 0.660. The molecule has 5 nitrogen and oxygen atoms in total. The maximum atomic E-state index is 11.8. The van der Waals surface area contributed by atoms with E-state index in [1.54, 1.807) is 0 Å². The van der Waals surface area contributed by atoms with Crippen LogP contribution in [-0.4, -0.2) is 44.0 Å². The third-order valence-electron chi connectivity index (χ3n) is 4.06. The van der Waals surface area contributed by atoms with Crippen LogP contribution in [-0.2, 0) is 9.47 Å². The third kappa shape index (κ3) is 4.66. The van der Waals surface area contributed by atoms with Crippen molar-refractivity contribution in [2.75, 3.05) is 19.8 Å². The summed E-state index contributed by atoms with van der Waals surface area (Å²) in [5, 5.41) is 5.93. The zero-order valence-electron chi connectivity index (χ0n) is 12.0. The van der Waals surface area contributed by atoms with Crippen molar-refractivity contribution in [3.63, 3.8) is 0 Å². The Bertz CT molecular complexity index is 288. The molecule has 0 aromatic rings. The SMILES string of the molecule is C[C@H](CO[C@@H]1CCOC1)NC(=O)N[C@H](C)C1CCC1. The first-order valence-electron chi connectivity index (χ1n) is 7.41. The molecule has 2 rings (SSSR count). The Morgan fingerprint density at radius 3 is 2.68 bits per heavy atom. The second-order valence-electron chi connectivity index (χ2n) is 5.82. The molecule has 0 aromatic heterocycles. The largest absolute Gasteiger partial charge is 0.379 e. The second-order valence-corrected chi connectivity index (χ2v) is 5.82. The van der Waals surface area contributed by atoms with E-state index in [4.69, 9.17) is 9.47 Å². The van der Waals surface area contributed by atoms with Crippen LogP contribution in [0.15, 0.2) is 0 Å². The molecule has 1 saturated carbocycles. The predicted octanol–water partition coefficient (Wildman–Crippen LogP) is 1.67. The van der Waals surface area contributed by atoms with Crippen LogP contribution in [0, 0.1) is 5.92 Å². The molecule has 0 unspecified atom stereocenters. The van der Waals surface area contributed by atoms with Crippen LogP contribution in [0.25, 0.3) is 0 Å². The van der Waals surface area contributed by atoms with Crippen molar-refractivity contribution in [2.24, 2.45) is 5.92 Å². The molecule has 110 valence electrons. The number of carbonyl (C=O) groups excluding carboxylic acids is 1. The maximum absolute atomic E-state index is 11.8. The molecule has 2 aliphatic rings. The summed E-state index contributed by atoms with van der Waals surface area (Å²) in [7, 11) is 0. The van der Waals surface area contributed by atoms with Crippen molar-refractivity contribution in [3.8, 4) is 0 Å². The fourth-order valence-corrected chi connectivity index (χ4v) is 2.50. The first-order chi connectivity index (χ1) is 9.15. The predicted molar refractivity (Wildman–Crippen MR) is 73.1 cm³/mol. The van der Waals surface area contributed by atoms with E-state index >= 15 is 0 Å². The van der Waals surface area contributed by atoms with E-state index in [9.17, 15) is 4.79 Å². The molecule has 19 heavy (non-hydrogen) atoms. The van der Waals surface area contributed by atoms with Gasteiger partial charge in [0, 0.05) is 12.6 Å². The van der Waals surface area contributed by atoms with Crippen LogP contribution in [0.4, 0.5) is 4.79 Å². The van der Waals surface area contributed by atoms with E-state index < -0.39 is 0 Å². The van der Waals surface area contributed by atoms with Gasteiger partial charge < -0.3 is 20.1 Å². The maximum Gasteiger partial charge on any atom is 0.315 e. The minimum absolute atomic E-state index is 0.0224. The molecule has 2 fully saturated rings. The van der Waals surface area contributed by atoms with E-state index in [0.717, 1.165) is 13.0 Å². The third-order valence-corrected chi connectivity index (χ3v) is 4.06. The molecule has 1 heterocycles. The lowest BCUT2D eigenvalue weighted by Gasteiger charge is -2.32. The van der Waals surface area contributed by atoms with Crippen molar-refractivity contribution in [1.29, 1.82) is 0 Å². The van der Waals surface area contributed by atoms with Gasteiger partial charge >= 0.3 is 6.03 Å². The molecule has 1 saturated heterocycles. The Labute approximate surface area is 115 Å². The fourth-order valence-electron chi connectivity index (χ4n) is 2.50. The van der Waals surface area contributed by atoms with Crippen molar-refractivity contribution in [3.05, 3.63) is 0 Å². The van der Waals surface area contributed by atoms with Crippen molar-refractivity contribution in [2.45, 2.75) is 57.7 Å². The minimum Gasteiger partial charge on any atom is -0.379 e. The van der Waals surface area contributed by atoms with Gasteiger partial charge in [0.25, 0.3) is 0 Å². The first-order valence-corrected chi connectivity index (χ1v) is 7.41. The summed E-state index contributed by atoms with van der Waals surface area (Å²) in [6, 6.07) is 0.206. The number of rotatable bonds is 6. The van der Waals surface area contributed by atoms with Gasteiger partial charge in [-0.05, 0) is 39.0 Å². The summed E-state index contributed by atoms with van der Waals surface area (Å²) in [6.07, 6.45) is 4.92. The molecule has 0 bridgehead atoms. The van der Waals surface area contributed by atoms with Gasteiger partial charge in [-0.15, -0.1) is 0 Å². The zero-order chi connectivity index (χ0) is 13.7. The highest BCUT2D eigenvalue weighted by Gasteiger charge is 2.25. The average molecular weight is 270 g/mol. The Morgan fingerprint density at radius 2 is 2.11 bits per heavy atom. The van der Waals surface area contributed by atoms with Gasteiger partial charge in [-0.1, -0.05) is 6.42 Å². The summed E-state index contributed by atoms with van der Waals surface area (Å²) in [5.41, 5.74) is 0. The number of amides is 2. The smallest absolute Gasteiger partial charge is 0.315 e. The number of urea groups is 1. The van der Waals surface area contributed by atoms with Crippen LogP contribution in [0.2, 0.25) is 0 Å². The highest BCUT2D eigenvalue weighted by atomic mass is 16.5. The van der Waals surface area contributed by atoms with Crippen molar-refractivity contribution < 1.29 is 14.3 Å². The van der Waals surface area contributed by atoms with Gasteiger partial charge in [-0.3, -0.25) is 0 Å². The molecule has 1 aliphatic heterocycles. The highest BCUT2D eigenvalue weighted by Crippen LogP contribution is 2.29. The highest BCUT2D eigenvalue weighted by molar-refractivity contribution is 5.74. The van der Waals surface area contributed by atoms with Gasteiger partial charge in [0.05, 0.1) is 25.4 Å². The van der Waals surface area contributed by atoms with E-state index in [1.807, 2.05) is 6.92 Å². The number of nitrogens with one attached hydrogen (secondary N) is 2. The summed E-state index contributed by atoms with van der Waals surface area (Å²) >= 11 is 0. The molecule has 5 heteroatoms. The molecular weight excluding hydrogens is 244 g/mol. The van der Waals surface area contributed by atoms with Crippen LogP contribution >= 0.6 is 0 Å². The summed E-state index contributed by atoms with van der Waals surface area (Å²) in [6.45, 7) is 6.05.